The molecule has 0 saturated heterocycles. The van der Waals surface area contributed by atoms with E-state index in [1.165, 1.54) is 10.8 Å². The number of rotatable bonds is 8. The molecule has 3 aromatic heterocycles. The van der Waals surface area contributed by atoms with Crippen LogP contribution in [0.4, 0.5) is 17.1 Å². The third-order valence-electron chi connectivity index (χ3n) is 11.7. The molecule has 0 bridgehead atoms. The van der Waals surface area contributed by atoms with Crippen molar-refractivity contribution in [2.24, 2.45) is 0 Å². The summed E-state index contributed by atoms with van der Waals surface area (Å²) in [5, 5.41) is 3.53. The van der Waals surface area contributed by atoms with Crippen molar-refractivity contribution in [3.8, 4) is 56.4 Å². The van der Waals surface area contributed by atoms with Gasteiger partial charge < -0.3 is 13.7 Å². The zero-order chi connectivity index (χ0) is 41.7. The minimum Gasteiger partial charge on any atom is -0.436 e. The summed E-state index contributed by atoms with van der Waals surface area (Å²) in [6.07, 6.45) is 0. The Labute approximate surface area is 363 Å². The molecular formula is C57H36N4O2. The lowest BCUT2D eigenvalue weighted by molar-refractivity contribution is 0.619. The minimum absolute atomic E-state index is 0.618. The van der Waals surface area contributed by atoms with Gasteiger partial charge in [0.05, 0.1) is 11.2 Å². The van der Waals surface area contributed by atoms with Gasteiger partial charge in [-0.1, -0.05) is 115 Å². The molecule has 12 rings (SSSR count). The zero-order valence-electron chi connectivity index (χ0n) is 33.9. The van der Waals surface area contributed by atoms with Crippen LogP contribution in [0.3, 0.4) is 0 Å². The first-order valence-corrected chi connectivity index (χ1v) is 21.0. The van der Waals surface area contributed by atoms with Crippen molar-refractivity contribution in [3.05, 3.63) is 218 Å². The molecule has 0 aliphatic carbocycles. The van der Waals surface area contributed by atoms with E-state index in [0.29, 0.717) is 11.8 Å². The molecule has 0 spiro atoms. The number of pyridine rings is 1. The normalized spacial score (nSPS) is 11.5. The summed E-state index contributed by atoms with van der Waals surface area (Å²) < 4.78 is 12.1. The second kappa shape index (κ2) is 15.1. The molecule has 0 unspecified atom stereocenters. The van der Waals surface area contributed by atoms with Crippen LogP contribution in [-0.2, 0) is 0 Å². The van der Waals surface area contributed by atoms with Gasteiger partial charge in [0, 0.05) is 39.1 Å². The molecule has 0 amide bonds. The average molecular weight is 809 g/mol. The van der Waals surface area contributed by atoms with Crippen LogP contribution in [-0.4, -0.2) is 15.0 Å². The van der Waals surface area contributed by atoms with Crippen molar-refractivity contribution in [2.45, 2.75) is 0 Å². The zero-order valence-corrected chi connectivity index (χ0v) is 33.9. The number of oxazole rings is 2. The molecule has 6 heteroatoms. The Kier molecular flexibility index (Phi) is 8.71. The van der Waals surface area contributed by atoms with Gasteiger partial charge in [-0.2, -0.15) is 0 Å². The number of para-hydroxylation sites is 4. The fourth-order valence-electron chi connectivity index (χ4n) is 8.41. The maximum Gasteiger partial charge on any atom is 0.227 e. The second-order valence-corrected chi connectivity index (χ2v) is 15.7. The van der Waals surface area contributed by atoms with Gasteiger partial charge in [-0.25, -0.2) is 15.0 Å². The van der Waals surface area contributed by atoms with Gasteiger partial charge in [0.1, 0.15) is 11.0 Å². The van der Waals surface area contributed by atoms with E-state index in [4.69, 9.17) is 13.8 Å². The van der Waals surface area contributed by atoms with E-state index < -0.39 is 0 Å². The van der Waals surface area contributed by atoms with E-state index in [2.05, 4.69) is 185 Å². The van der Waals surface area contributed by atoms with Crippen LogP contribution in [0, 0.1) is 0 Å². The van der Waals surface area contributed by atoms with Crippen LogP contribution in [0.25, 0.3) is 100 Å². The number of benzene rings is 9. The highest BCUT2D eigenvalue weighted by Gasteiger charge is 2.16. The Bertz CT molecular complexity index is 3370. The quantitative estimate of drug-likeness (QED) is 0.142. The third kappa shape index (κ3) is 6.86. The van der Waals surface area contributed by atoms with Crippen molar-refractivity contribution < 1.29 is 8.83 Å². The van der Waals surface area contributed by atoms with Gasteiger partial charge in [0.15, 0.2) is 11.2 Å². The van der Waals surface area contributed by atoms with Gasteiger partial charge in [-0.15, -0.1) is 0 Å². The number of aromatic nitrogens is 3. The SMILES string of the molecule is c1ccc2cc3nc(-c4ccc(N(c5ccc(-c6ccc(-c7nc8ccccc8o7)cc6)cc5)c5ccc(-c6ccc(-c7nc8ccccc8o7)cc6)cc5)cc4)ccc3cc2c1. The van der Waals surface area contributed by atoms with Gasteiger partial charge in [-0.3, -0.25) is 0 Å². The van der Waals surface area contributed by atoms with Gasteiger partial charge in [0.25, 0.3) is 0 Å². The first-order valence-electron chi connectivity index (χ1n) is 21.0. The molecule has 12 aromatic rings. The van der Waals surface area contributed by atoms with E-state index in [0.717, 1.165) is 94.8 Å². The summed E-state index contributed by atoms with van der Waals surface area (Å²) in [5.74, 6) is 1.24. The molecule has 0 N–H and O–H groups in total. The maximum atomic E-state index is 6.03. The Morgan fingerprint density at radius 1 is 0.286 bits per heavy atom. The van der Waals surface area contributed by atoms with Gasteiger partial charge >= 0.3 is 0 Å². The molecule has 296 valence electrons. The predicted octanol–water partition coefficient (Wildman–Crippen LogP) is 15.5. The van der Waals surface area contributed by atoms with Crippen molar-refractivity contribution in [1.82, 2.24) is 15.0 Å². The Morgan fingerprint density at radius 2 is 0.683 bits per heavy atom. The summed E-state index contributed by atoms with van der Waals surface area (Å²) in [4.78, 5) is 16.8. The minimum atomic E-state index is 0.618. The summed E-state index contributed by atoms with van der Waals surface area (Å²) >= 11 is 0. The largest absolute Gasteiger partial charge is 0.436 e. The van der Waals surface area contributed by atoms with Crippen LogP contribution in [0.1, 0.15) is 0 Å². The van der Waals surface area contributed by atoms with Crippen LogP contribution >= 0.6 is 0 Å². The highest BCUT2D eigenvalue weighted by atomic mass is 16.4. The topological polar surface area (TPSA) is 68.2 Å². The standard InChI is InChI=1S/C57H36N4O2/c1-2-8-45-36-53-46(35-44(45)7-1)27-34-50(58-53)41-25-32-49(33-26-41)61(47-28-21-39(22-29-47)37-13-17-42(18-14-37)56-59-51-9-3-5-11-54(51)62-56)48-30-23-40(24-31-48)38-15-19-43(20-16-38)57-60-52-10-4-6-12-55(52)63-57/h1-36H. The Balaban J connectivity index is 0.858. The molecule has 0 saturated carbocycles. The van der Waals surface area contributed by atoms with Crippen molar-refractivity contribution in [1.29, 1.82) is 0 Å². The summed E-state index contributed by atoms with van der Waals surface area (Å²) in [6, 6.07) is 75.7. The van der Waals surface area contributed by atoms with Crippen LogP contribution in [0.5, 0.6) is 0 Å². The average Bonchev–Trinajstić information content (AvgIpc) is 4.00. The number of anilines is 3. The lowest BCUT2D eigenvalue weighted by atomic mass is 10.0. The highest BCUT2D eigenvalue weighted by Crippen LogP contribution is 2.39. The van der Waals surface area contributed by atoms with Gasteiger partial charge in [0.2, 0.25) is 11.8 Å². The monoisotopic (exact) mass is 808 g/mol. The summed E-state index contributed by atoms with van der Waals surface area (Å²) in [6.45, 7) is 0. The number of hydrogen-bond donors (Lipinski definition) is 0. The van der Waals surface area contributed by atoms with Crippen LogP contribution < -0.4 is 4.90 Å². The molecule has 9 aromatic carbocycles. The van der Waals surface area contributed by atoms with E-state index >= 15 is 0 Å². The van der Waals surface area contributed by atoms with E-state index in [-0.39, 0.29) is 0 Å². The van der Waals surface area contributed by atoms with E-state index in [9.17, 15) is 0 Å². The predicted molar refractivity (Wildman–Crippen MR) is 256 cm³/mol. The molecule has 0 atom stereocenters. The first-order chi connectivity index (χ1) is 31.1. The molecule has 3 heterocycles. The number of hydrogen-bond acceptors (Lipinski definition) is 6. The molecule has 63 heavy (non-hydrogen) atoms. The van der Waals surface area contributed by atoms with Gasteiger partial charge in [-0.05, 0) is 136 Å². The fraction of sp³-hybridized carbons (Fsp3) is 0. The molecule has 0 aliphatic heterocycles. The summed E-state index contributed by atoms with van der Waals surface area (Å²) in [7, 11) is 0. The van der Waals surface area contributed by atoms with Crippen LogP contribution in [0.2, 0.25) is 0 Å². The van der Waals surface area contributed by atoms with Crippen molar-refractivity contribution >= 4 is 60.9 Å². The highest BCUT2D eigenvalue weighted by molar-refractivity contribution is 5.97. The number of fused-ring (bicyclic) bond motifs is 4. The third-order valence-corrected chi connectivity index (χ3v) is 11.7. The number of nitrogens with zero attached hydrogens (tertiary/aromatic N) is 4. The molecular weight excluding hydrogens is 773 g/mol. The smallest absolute Gasteiger partial charge is 0.227 e. The summed E-state index contributed by atoms with van der Waals surface area (Å²) in [5.41, 5.74) is 15.7. The van der Waals surface area contributed by atoms with Crippen molar-refractivity contribution in [2.75, 3.05) is 4.90 Å². The molecule has 0 radical (unpaired) electrons. The molecule has 0 aliphatic rings. The second-order valence-electron chi connectivity index (χ2n) is 15.7. The Hall–Kier alpha value is -8.61. The lowest BCUT2D eigenvalue weighted by Gasteiger charge is -2.26. The first kappa shape index (κ1) is 36.3. The fourth-order valence-corrected chi connectivity index (χ4v) is 8.41. The van der Waals surface area contributed by atoms with E-state index in [1.807, 2.05) is 48.5 Å². The Morgan fingerprint density at radius 3 is 1.16 bits per heavy atom. The molecule has 0 fully saturated rings. The lowest BCUT2D eigenvalue weighted by Crippen LogP contribution is -2.09. The maximum absolute atomic E-state index is 6.03. The van der Waals surface area contributed by atoms with Crippen LogP contribution in [0.15, 0.2) is 227 Å². The molecule has 6 nitrogen and oxygen atoms in total. The van der Waals surface area contributed by atoms with Crippen molar-refractivity contribution in [3.63, 3.8) is 0 Å². The van der Waals surface area contributed by atoms with E-state index in [1.54, 1.807) is 0 Å².